The average Bonchev–Trinajstić information content (AvgIpc) is 2.46. The van der Waals surface area contributed by atoms with Gasteiger partial charge in [0.25, 0.3) is 0 Å². The van der Waals surface area contributed by atoms with Crippen molar-refractivity contribution >= 4 is 5.69 Å². The third-order valence-corrected chi connectivity index (χ3v) is 4.73. The Morgan fingerprint density at radius 3 is 2.55 bits per heavy atom. The van der Waals surface area contributed by atoms with Gasteiger partial charge in [0.15, 0.2) is 0 Å². The summed E-state index contributed by atoms with van der Waals surface area (Å²) < 4.78 is 13.5. The molecule has 3 heteroatoms. The van der Waals surface area contributed by atoms with Gasteiger partial charge >= 0.3 is 0 Å². The van der Waals surface area contributed by atoms with Gasteiger partial charge < -0.3 is 10.6 Å². The summed E-state index contributed by atoms with van der Waals surface area (Å²) in [4.78, 5) is 2.28. The van der Waals surface area contributed by atoms with E-state index < -0.39 is 0 Å². The van der Waals surface area contributed by atoms with Crippen molar-refractivity contribution in [3.63, 3.8) is 0 Å². The zero-order chi connectivity index (χ0) is 14.5. The number of anilines is 1. The van der Waals surface area contributed by atoms with E-state index in [1.165, 1.54) is 31.7 Å². The number of nitrogens with two attached hydrogens (primary N) is 1. The Kier molecular flexibility index (Phi) is 5.41. The number of benzene rings is 1. The maximum absolute atomic E-state index is 13.5. The fraction of sp³-hybridized carbons (Fsp3) is 0.647. The van der Waals surface area contributed by atoms with Crippen LogP contribution in [0, 0.1) is 17.7 Å². The summed E-state index contributed by atoms with van der Waals surface area (Å²) >= 11 is 0. The summed E-state index contributed by atoms with van der Waals surface area (Å²) in [5.74, 6) is 1.31. The fourth-order valence-electron chi connectivity index (χ4n) is 3.51. The monoisotopic (exact) mass is 278 g/mol. The Morgan fingerprint density at radius 2 is 2.00 bits per heavy atom. The van der Waals surface area contributed by atoms with Gasteiger partial charge in [-0.15, -0.1) is 0 Å². The van der Waals surface area contributed by atoms with Gasteiger partial charge in [0.05, 0.1) is 0 Å². The van der Waals surface area contributed by atoms with Crippen LogP contribution in [0.2, 0.25) is 0 Å². The molecular weight excluding hydrogens is 251 g/mol. The van der Waals surface area contributed by atoms with E-state index in [0.29, 0.717) is 18.5 Å². The van der Waals surface area contributed by atoms with Gasteiger partial charge in [0, 0.05) is 24.8 Å². The molecule has 0 saturated heterocycles. The van der Waals surface area contributed by atoms with E-state index in [0.717, 1.165) is 18.2 Å². The van der Waals surface area contributed by atoms with Crippen LogP contribution in [-0.4, -0.2) is 19.1 Å². The Balaban J connectivity index is 2.15. The van der Waals surface area contributed by atoms with Crippen LogP contribution in [0.4, 0.5) is 10.1 Å². The third-order valence-electron chi connectivity index (χ3n) is 4.73. The molecule has 1 aliphatic carbocycles. The highest BCUT2D eigenvalue weighted by Crippen LogP contribution is 2.33. The van der Waals surface area contributed by atoms with Crippen molar-refractivity contribution in [2.24, 2.45) is 17.6 Å². The minimum Gasteiger partial charge on any atom is -0.367 e. The highest BCUT2D eigenvalue weighted by Gasteiger charge is 2.29. The lowest BCUT2D eigenvalue weighted by atomic mass is 9.78. The number of halogens is 1. The summed E-state index contributed by atoms with van der Waals surface area (Å²) in [5, 5.41) is 0. The second-order valence-corrected chi connectivity index (χ2v) is 6.09. The average molecular weight is 278 g/mol. The van der Waals surface area contributed by atoms with Crippen molar-refractivity contribution in [3.8, 4) is 0 Å². The van der Waals surface area contributed by atoms with Crippen molar-refractivity contribution in [2.45, 2.75) is 45.6 Å². The molecule has 2 nitrogen and oxygen atoms in total. The number of likely N-dealkylation sites (N-methyl/N-ethyl adjacent to an activating group) is 1. The van der Waals surface area contributed by atoms with Gasteiger partial charge in [-0.05, 0) is 49.8 Å². The molecule has 0 bridgehead atoms. The van der Waals surface area contributed by atoms with E-state index in [9.17, 15) is 4.39 Å². The smallest absolute Gasteiger partial charge is 0.125 e. The van der Waals surface area contributed by atoms with Crippen LogP contribution in [0.1, 0.15) is 39.5 Å². The summed E-state index contributed by atoms with van der Waals surface area (Å²) in [6, 6.07) is 7.22. The Labute approximate surface area is 122 Å². The van der Waals surface area contributed by atoms with Gasteiger partial charge in [-0.1, -0.05) is 25.8 Å². The molecule has 0 radical (unpaired) electrons. The van der Waals surface area contributed by atoms with Crippen LogP contribution < -0.4 is 10.6 Å². The van der Waals surface area contributed by atoms with Crippen LogP contribution in [-0.2, 0) is 0 Å². The molecule has 20 heavy (non-hydrogen) atoms. The van der Waals surface area contributed by atoms with Crippen LogP contribution >= 0.6 is 0 Å². The quantitative estimate of drug-likeness (QED) is 0.887. The van der Waals surface area contributed by atoms with E-state index in [1.807, 2.05) is 6.07 Å². The van der Waals surface area contributed by atoms with Gasteiger partial charge in [0.1, 0.15) is 5.82 Å². The molecule has 1 aromatic carbocycles. The zero-order valence-electron chi connectivity index (χ0n) is 12.7. The lowest BCUT2D eigenvalue weighted by Crippen LogP contribution is -2.46. The van der Waals surface area contributed by atoms with E-state index in [2.05, 4.69) is 18.7 Å². The van der Waals surface area contributed by atoms with E-state index >= 15 is 0 Å². The van der Waals surface area contributed by atoms with Crippen molar-refractivity contribution in [1.29, 1.82) is 0 Å². The molecule has 112 valence electrons. The summed E-state index contributed by atoms with van der Waals surface area (Å²) in [5.41, 5.74) is 7.01. The summed E-state index contributed by atoms with van der Waals surface area (Å²) in [7, 11) is 0. The normalized spacial score (nSPS) is 24.4. The first-order valence-electron chi connectivity index (χ1n) is 7.88. The number of rotatable bonds is 5. The molecule has 1 unspecified atom stereocenters. The third kappa shape index (κ3) is 3.51. The topological polar surface area (TPSA) is 29.3 Å². The van der Waals surface area contributed by atoms with Gasteiger partial charge in [-0.2, -0.15) is 0 Å². The van der Waals surface area contributed by atoms with Crippen molar-refractivity contribution in [3.05, 3.63) is 30.1 Å². The molecule has 0 heterocycles. The Morgan fingerprint density at radius 1 is 1.30 bits per heavy atom. The van der Waals surface area contributed by atoms with Crippen molar-refractivity contribution < 1.29 is 4.39 Å². The SMILES string of the molecule is CCN(c1cccc(F)c1)C(CN)C1CCC(C)CC1. The Bertz CT molecular complexity index is 413. The molecule has 0 spiro atoms. The molecule has 1 saturated carbocycles. The molecule has 0 amide bonds. The van der Waals surface area contributed by atoms with Crippen LogP contribution in [0.15, 0.2) is 24.3 Å². The van der Waals surface area contributed by atoms with E-state index in [-0.39, 0.29) is 5.82 Å². The largest absolute Gasteiger partial charge is 0.367 e. The lowest BCUT2D eigenvalue weighted by Gasteiger charge is -2.40. The first-order chi connectivity index (χ1) is 9.65. The van der Waals surface area contributed by atoms with Crippen molar-refractivity contribution in [2.75, 3.05) is 18.0 Å². The van der Waals surface area contributed by atoms with E-state index in [4.69, 9.17) is 5.73 Å². The molecule has 1 aromatic rings. The molecule has 2 rings (SSSR count). The maximum Gasteiger partial charge on any atom is 0.125 e. The lowest BCUT2D eigenvalue weighted by molar-refractivity contribution is 0.250. The highest BCUT2D eigenvalue weighted by atomic mass is 19.1. The summed E-state index contributed by atoms with van der Waals surface area (Å²) in [6.07, 6.45) is 5.08. The highest BCUT2D eigenvalue weighted by molar-refractivity contribution is 5.47. The molecule has 0 aromatic heterocycles. The van der Waals surface area contributed by atoms with Gasteiger partial charge in [-0.25, -0.2) is 4.39 Å². The first kappa shape index (κ1) is 15.3. The minimum atomic E-state index is -0.172. The molecule has 1 atom stereocenters. The molecule has 1 fully saturated rings. The first-order valence-corrected chi connectivity index (χ1v) is 7.88. The molecule has 0 aliphatic heterocycles. The van der Waals surface area contributed by atoms with E-state index in [1.54, 1.807) is 12.1 Å². The second-order valence-electron chi connectivity index (χ2n) is 6.09. The number of hydrogen-bond donors (Lipinski definition) is 1. The second kappa shape index (κ2) is 7.07. The minimum absolute atomic E-state index is 0.172. The Hall–Kier alpha value is -1.09. The molecular formula is C17H27FN2. The number of hydrogen-bond acceptors (Lipinski definition) is 2. The molecule has 1 aliphatic rings. The fourth-order valence-corrected chi connectivity index (χ4v) is 3.51. The predicted molar refractivity (Wildman–Crippen MR) is 83.4 cm³/mol. The maximum atomic E-state index is 13.5. The van der Waals surface area contributed by atoms with Gasteiger partial charge in [0.2, 0.25) is 0 Å². The van der Waals surface area contributed by atoms with Crippen molar-refractivity contribution in [1.82, 2.24) is 0 Å². The zero-order valence-corrected chi connectivity index (χ0v) is 12.7. The summed E-state index contributed by atoms with van der Waals surface area (Å²) in [6.45, 7) is 5.97. The standard InChI is InChI=1S/C17H27FN2/c1-3-20(16-6-4-5-15(18)11-16)17(12-19)14-9-7-13(2)8-10-14/h4-6,11,13-14,17H,3,7-10,12,19H2,1-2H3. The van der Waals surface area contributed by atoms with Crippen LogP contribution in [0.3, 0.4) is 0 Å². The predicted octanol–water partition coefficient (Wildman–Crippen LogP) is 3.81. The van der Waals surface area contributed by atoms with Crippen LogP contribution in [0.5, 0.6) is 0 Å². The number of nitrogens with zero attached hydrogens (tertiary/aromatic N) is 1. The molecule has 2 N–H and O–H groups in total. The van der Waals surface area contributed by atoms with Crippen LogP contribution in [0.25, 0.3) is 0 Å². The van der Waals surface area contributed by atoms with Gasteiger partial charge in [-0.3, -0.25) is 0 Å².